The fraction of sp³-hybridized carbons (Fsp3) is 0.438. The average Bonchev–Trinajstić information content (AvgIpc) is 3.27. The summed E-state index contributed by atoms with van der Waals surface area (Å²) in [7, 11) is 0. The van der Waals surface area contributed by atoms with Crippen molar-refractivity contribution in [3.63, 3.8) is 0 Å². The topological polar surface area (TPSA) is 77.2 Å². The third kappa shape index (κ3) is 4.53. The van der Waals surface area contributed by atoms with E-state index in [9.17, 15) is 4.79 Å². The molecule has 2 aromatic rings. The van der Waals surface area contributed by atoms with E-state index in [-0.39, 0.29) is 12.5 Å². The molecule has 3 rings (SSSR count). The van der Waals surface area contributed by atoms with Gasteiger partial charge in [-0.2, -0.15) is 4.98 Å². The van der Waals surface area contributed by atoms with Crippen LogP contribution in [0.4, 0.5) is 0 Å². The first-order valence-corrected chi connectivity index (χ1v) is 7.97. The summed E-state index contributed by atoms with van der Waals surface area (Å²) in [6, 6.07) is 7.13. The van der Waals surface area contributed by atoms with Crippen molar-refractivity contribution in [1.82, 2.24) is 15.5 Å². The summed E-state index contributed by atoms with van der Waals surface area (Å²) in [4.78, 5) is 16.2. The number of rotatable bonds is 7. The van der Waals surface area contributed by atoms with E-state index < -0.39 is 6.10 Å². The van der Waals surface area contributed by atoms with Crippen molar-refractivity contribution in [2.75, 3.05) is 6.61 Å². The smallest absolute Gasteiger partial charge is 0.249 e. The molecule has 1 N–H and O–H groups in total. The molecule has 1 aliphatic rings. The predicted molar refractivity (Wildman–Crippen MR) is 84.7 cm³/mol. The van der Waals surface area contributed by atoms with Crippen molar-refractivity contribution >= 4 is 17.5 Å². The van der Waals surface area contributed by atoms with Gasteiger partial charge in [-0.25, -0.2) is 0 Å². The van der Waals surface area contributed by atoms with Gasteiger partial charge in [0.1, 0.15) is 6.10 Å². The maximum atomic E-state index is 11.9. The summed E-state index contributed by atoms with van der Waals surface area (Å²) >= 11 is 5.84. The van der Waals surface area contributed by atoms with Crippen LogP contribution in [0, 0.1) is 5.92 Å². The van der Waals surface area contributed by atoms with Crippen LogP contribution in [-0.2, 0) is 16.1 Å². The first-order chi connectivity index (χ1) is 11.1. The van der Waals surface area contributed by atoms with Crippen molar-refractivity contribution in [3.8, 4) is 11.4 Å². The van der Waals surface area contributed by atoms with Crippen molar-refractivity contribution < 1.29 is 14.1 Å². The van der Waals surface area contributed by atoms with Crippen LogP contribution in [0.2, 0.25) is 5.02 Å². The van der Waals surface area contributed by atoms with Gasteiger partial charge in [0.05, 0.1) is 13.2 Å². The van der Waals surface area contributed by atoms with E-state index in [1.807, 2.05) is 12.1 Å². The number of halogens is 1. The lowest BCUT2D eigenvalue weighted by Crippen LogP contribution is -2.34. The largest absolute Gasteiger partial charge is 0.368 e. The minimum absolute atomic E-state index is 0.177. The molecule has 6 nitrogen and oxygen atoms in total. The number of ether oxygens (including phenoxy) is 1. The molecule has 1 aliphatic carbocycles. The normalized spacial score (nSPS) is 15.4. The number of nitrogens with one attached hydrogen (secondary N) is 1. The van der Waals surface area contributed by atoms with Crippen LogP contribution in [0.1, 0.15) is 25.7 Å². The second kappa shape index (κ2) is 7.10. The second-order valence-electron chi connectivity index (χ2n) is 5.66. The minimum atomic E-state index is -0.478. The third-order valence-corrected chi connectivity index (χ3v) is 3.88. The number of carbonyl (C=O) groups is 1. The van der Waals surface area contributed by atoms with Gasteiger partial charge < -0.3 is 14.6 Å². The molecular formula is C16H18ClN3O3. The van der Waals surface area contributed by atoms with E-state index in [4.69, 9.17) is 20.9 Å². The van der Waals surface area contributed by atoms with Crippen LogP contribution in [0.25, 0.3) is 11.4 Å². The molecule has 122 valence electrons. The monoisotopic (exact) mass is 335 g/mol. The van der Waals surface area contributed by atoms with E-state index in [2.05, 4.69) is 15.5 Å². The Morgan fingerprint density at radius 2 is 2.17 bits per heavy atom. The molecule has 1 unspecified atom stereocenters. The molecule has 0 bridgehead atoms. The van der Waals surface area contributed by atoms with Gasteiger partial charge in [0.2, 0.25) is 17.6 Å². The maximum Gasteiger partial charge on any atom is 0.249 e. The zero-order valence-electron chi connectivity index (χ0n) is 12.8. The molecule has 0 spiro atoms. The van der Waals surface area contributed by atoms with Gasteiger partial charge in [0.25, 0.3) is 0 Å². The summed E-state index contributed by atoms with van der Waals surface area (Å²) in [6.45, 7) is 2.57. The number of carbonyl (C=O) groups excluding carboxylic acids is 1. The molecule has 1 atom stereocenters. The highest BCUT2D eigenvalue weighted by atomic mass is 35.5. The number of amides is 1. The van der Waals surface area contributed by atoms with Gasteiger partial charge >= 0.3 is 0 Å². The summed E-state index contributed by atoms with van der Waals surface area (Å²) in [5.74, 6) is 1.25. The fourth-order valence-corrected chi connectivity index (χ4v) is 2.12. The molecule has 1 amide bonds. The van der Waals surface area contributed by atoms with Crippen molar-refractivity contribution in [2.24, 2.45) is 5.92 Å². The number of hydrogen-bond acceptors (Lipinski definition) is 5. The van der Waals surface area contributed by atoms with Crippen LogP contribution >= 0.6 is 11.6 Å². The van der Waals surface area contributed by atoms with Gasteiger partial charge in [0, 0.05) is 10.6 Å². The SMILES string of the molecule is CC(OCC1CC1)C(=O)NCc1nc(-c2ccc(Cl)cc2)no1. The third-order valence-electron chi connectivity index (χ3n) is 3.63. The van der Waals surface area contributed by atoms with E-state index in [1.165, 1.54) is 12.8 Å². The Morgan fingerprint density at radius 3 is 2.87 bits per heavy atom. The quantitative estimate of drug-likeness (QED) is 0.841. The fourth-order valence-electron chi connectivity index (χ4n) is 1.99. The van der Waals surface area contributed by atoms with Gasteiger partial charge in [-0.3, -0.25) is 4.79 Å². The van der Waals surface area contributed by atoms with E-state index >= 15 is 0 Å². The average molecular weight is 336 g/mol. The van der Waals surface area contributed by atoms with Crippen LogP contribution in [0.5, 0.6) is 0 Å². The van der Waals surface area contributed by atoms with Crippen molar-refractivity contribution in [2.45, 2.75) is 32.4 Å². The molecule has 1 aromatic carbocycles. The van der Waals surface area contributed by atoms with E-state index in [0.29, 0.717) is 29.3 Å². The molecular weight excluding hydrogens is 318 g/mol. The first kappa shape index (κ1) is 16.0. The summed E-state index contributed by atoms with van der Waals surface area (Å²) in [5.41, 5.74) is 0.803. The molecule has 1 aromatic heterocycles. The Balaban J connectivity index is 1.50. The standard InChI is InChI=1S/C16H18ClN3O3/c1-10(22-9-11-2-3-11)16(21)18-8-14-19-15(20-23-14)12-4-6-13(17)7-5-12/h4-7,10-11H,2-3,8-9H2,1H3,(H,18,21). The highest BCUT2D eigenvalue weighted by molar-refractivity contribution is 6.30. The number of hydrogen-bond donors (Lipinski definition) is 1. The van der Waals surface area contributed by atoms with Crippen LogP contribution in [0.3, 0.4) is 0 Å². The van der Waals surface area contributed by atoms with Crippen LogP contribution in [-0.4, -0.2) is 28.8 Å². The van der Waals surface area contributed by atoms with Crippen molar-refractivity contribution in [1.29, 1.82) is 0 Å². The minimum Gasteiger partial charge on any atom is -0.368 e. The van der Waals surface area contributed by atoms with Crippen molar-refractivity contribution in [3.05, 3.63) is 35.2 Å². The van der Waals surface area contributed by atoms with Gasteiger partial charge in [-0.15, -0.1) is 0 Å². The lowest BCUT2D eigenvalue weighted by molar-refractivity contribution is -0.132. The van der Waals surface area contributed by atoms with Crippen LogP contribution in [0.15, 0.2) is 28.8 Å². The Morgan fingerprint density at radius 1 is 1.43 bits per heavy atom. The molecule has 0 saturated heterocycles. The molecule has 7 heteroatoms. The van der Waals surface area contributed by atoms with E-state index in [0.717, 1.165) is 5.56 Å². The molecule has 1 saturated carbocycles. The van der Waals surface area contributed by atoms with E-state index in [1.54, 1.807) is 19.1 Å². The lowest BCUT2D eigenvalue weighted by Gasteiger charge is -2.11. The molecule has 0 radical (unpaired) electrons. The summed E-state index contributed by atoms with van der Waals surface area (Å²) in [6.07, 6.45) is 1.92. The Hall–Kier alpha value is -1.92. The zero-order valence-corrected chi connectivity index (χ0v) is 13.5. The maximum absolute atomic E-state index is 11.9. The molecule has 1 heterocycles. The number of benzene rings is 1. The lowest BCUT2D eigenvalue weighted by atomic mass is 10.2. The van der Waals surface area contributed by atoms with Gasteiger partial charge in [-0.05, 0) is 49.9 Å². The highest BCUT2D eigenvalue weighted by Gasteiger charge is 2.24. The highest BCUT2D eigenvalue weighted by Crippen LogP contribution is 2.29. The molecule has 1 fully saturated rings. The van der Waals surface area contributed by atoms with Crippen LogP contribution < -0.4 is 5.32 Å². The first-order valence-electron chi connectivity index (χ1n) is 7.59. The summed E-state index contributed by atoms with van der Waals surface area (Å²) < 4.78 is 10.6. The Bertz CT molecular complexity index is 667. The zero-order chi connectivity index (χ0) is 16.2. The summed E-state index contributed by atoms with van der Waals surface area (Å²) in [5, 5.41) is 7.27. The number of aromatic nitrogens is 2. The second-order valence-corrected chi connectivity index (χ2v) is 6.09. The molecule has 0 aliphatic heterocycles. The van der Waals surface area contributed by atoms with Gasteiger partial charge in [0.15, 0.2) is 0 Å². The Labute approximate surface area is 139 Å². The number of nitrogens with zero attached hydrogens (tertiary/aromatic N) is 2. The van der Waals surface area contributed by atoms with Gasteiger partial charge in [-0.1, -0.05) is 16.8 Å². The Kier molecular flexibility index (Phi) is 4.93. The predicted octanol–water partition coefficient (Wildman–Crippen LogP) is 2.82. The molecule has 23 heavy (non-hydrogen) atoms.